The lowest BCUT2D eigenvalue weighted by Gasteiger charge is -2.35. The van der Waals surface area contributed by atoms with Crippen LogP contribution in [0, 0.1) is 6.92 Å². The minimum atomic E-state index is -0.232. The molecule has 0 unspecified atom stereocenters. The number of thiazole rings is 1. The Morgan fingerprint density at radius 3 is 2.81 bits per heavy atom. The second kappa shape index (κ2) is 9.29. The van der Waals surface area contributed by atoms with E-state index in [9.17, 15) is 14.4 Å². The van der Waals surface area contributed by atoms with Crippen LogP contribution in [-0.4, -0.2) is 90.0 Å². The van der Waals surface area contributed by atoms with Gasteiger partial charge in [0, 0.05) is 26.2 Å². The Hall–Kier alpha value is -2.56. The zero-order chi connectivity index (χ0) is 22.0. The number of methoxy groups -OCH3 is 1. The van der Waals surface area contributed by atoms with Crippen molar-refractivity contribution in [2.24, 2.45) is 0 Å². The quantitative estimate of drug-likeness (QED) is 0.655. The predicted molar refractivity (Wildman–Crippen MR) is 118 cm³/mol. The molecular formula is C21H27N5O4S. The number of benzene rings is 1. The molecule has 31 heavy (non-hydrogen) atoms. The standard InChI is InChI=1S/C21H27N5O4S/c1-14-3-4-16-17(11-14)31-20(22-16)23-18(27)12-24-7-5-15(6-8-24)26-13-19(28)25(21(26)29)9-10-30-2/h3-4,11,15H,5-10,12-13H2,1-2H3,(H,22,23,27). The first-order valence-electron chi connectivity index (χ1n) is 10.4. The number of urea groups is 1. The molecule has 0 saturated carbocycles. The first kappa shape index (κ1) is 21.7. The number of nitrogens with zero attached hydrogens (tertiary/aromatic N) is 4. The Morgan fingerprint density at radius 1 is 1.29 bits per heavy atom. The van der Waals surface area contributed by atoms with Crippen LogP contribution < -0.4 is 5.32 Å². The van der Waals surface area contributed by atoms with E-state index in [2.05, 4.69) is 21.3 Å². The topological polar surface area (TPSA) is 95.1 Å². The molecule has 0 atom stereocenters. The molecule has 0 radical (unpaired) electrons. The lowest BCUT2D eigenvalue weighted by Crippen LogP contribution is -2.48. The maximum atomic E-state index is 12.6. The third-order valence-corrected chi connectivity index (χ3v) is 6.69. The van der Waals surface area contributed by atoms with Gasteiger partial charge in [0.1, 0.15) is 6.54 Å². The average molecular weight is 446 g/mol. The van der Waals surface area contributed by atoms with Crippen LogP contribution in [0.3, 0.4) is 0 Å². The molecule has 4 amide bonds. The largest absolute Gasteiger partial charge is 0.383 e. The average Bonchev–Trinajstić information content (AvgIpc) is 3.26. The van der Waals surface area contributed by atoms with Crippen LogP contribution in [0.4, 0.5) is 9.93 Å². The van der Waals surface area contributed by atoms with Crippen molar-refractivity contribution in [1.29, 1.82) is 0 Å². The van der Waals surface area contributed by atoms with Crippen LogP contribution in [0.25, 0.3) is 10.2 Å². The number of fused-ring (bicyclic) bond motifs is 1. The van der Waals surface area contributed by atoms with Gasteiger partial charge in [0.15, 0.2) is 5.13 Å². The fourth-order valence-electron chi connectivity index (χ4n) is 4.08. The Labute approximate surface area is 184 Å². The van der Waals surface area contributed by atoms with Gasteiger partial charge in [-0.15, -0.1) is 0 Å². The van der Waals surface area contributed by atoms with E-state index in [4.69, 9.17) is 4.74 Å². The summed E-state index contributed by atoms with van der Waals surface area (Å²) in [6, 6.07) is 5.82. The highest BCUT2D eigenvalue weighted by molar-refractivity contribution is 7.22. The number of hydrogen-bond donors (Lipinski definition) is 1. The van der Waals surface area contributed by atoms with E-state index in [0.29, 0.717) is 24.8 Å². The van der Waals surface area contributed by atoms with E-state index < -0.39 is 0 Å². The Kier molecular flexibility index (Phi) is 6.49. The second-order valence-electron chi connectivity index (χ2n) is 7.99. The van der Waals surface area contributed by atoms with Crippen LogP contribution in [-0.2, 0) is 14.3 Å². The normalized spacial score (nSPS) is 18.4. The van der Waals surface area contributed by atoms with Crippen molar-refractivity contribution in [3.63, 3.8) is 0 Å². The molecular weight excluding hydrogens is 418 g/mol. The number of likely N-dealkylation sites (tertiary alicyclic amines) is 1. The van der Waals surface area contributed by atoms with Gasteiger partial charge in [-0.25, -0.2) is 9.78 Å². The third-order valence-electron chi connectivity index (χ3n) is 5.76. The molecule has 2 aliphatic rings. The maximum Gasteiger partial charge on any atom is 0.327 e. The summed E-state index contributed by atoms with van der Waals surface area (Å²) in [4.78, 5) is 46.7. The van der Waals surface area contributed by atoms with Crippen molar-refractivity contribution >= 4 is 44.5 Å². The van der Waals surface area contributed by atoms with Gasteiger partial charge < -0.3 is 15.0 Å². The molecule has 1 aromatic heterocycles. The minimum absolute atomic E-state index is 0.0239. The lowest BCUT2D eigenvalue weighted by atomic mass is 10.0. The Balaban J connectivity index is 1.26. The molecule has 2 fully saturated rings. The van der Waals surface area contributed by atoms with Crippen molar-refractivity contribution in [1.82, 2.24) is 19.7 Å². The molecule has 1 aromatic carbocycles. The second-order valence-corrected chi connectivity index (χ2v) is 9.02. The number of aromatic nitrogens is 1. The molecule has 9 nitrogen and oxygen atoms in total. The summed E-state index contributed by atoms with van der Waals surface area (Å²) >= 11 is 1.47. The fraction of sp³-hybridized carbons (Fsp3) is 0.524. The number of anilines is 1. The van der Waals surface area contributed by atoms with Gasteiger partial charge in [-0.3, -0.25) is 19.4 Å². The Morgan fingerprint density at radius 2 is 2.06 bits per heavy atom. The highest BCUT2D eigenvalue weighted by atomic mass is 32.1. The zero-order valence-electron chi connectivity index (χ0n) is 17.8. The number of piperidine rings is 1. The van der Waals surface area contributed by atoms with Gasteiger partial charge in [-0.2, -0.15) is 0 Å². The molecule has 2 aliphatic heterocycles. The predicted octanol–water partition coefficient (Wildman–Crippen LogP) is 1.92. The summed E-state index contributed by atoms with van der Waals surface area (Å²) in [5.74, 6) is -0.262. The van der Waals surface area contributed by atoms with E-state index in [-0.39, 0.29) is 43.5 Å². The van der Waals surface area contributed by atoms with Crippen LogP contribution in [0.15, 0.2) is 18.2 Å². The molecule has 2 saturated heterocycles. The molecule has 166 valence electrons. The van der Waals surface area contributed by atoms with E-state index >= 15 is 0 Å². The summed E-state index contributed by atoms with van der Waals surface area (Å²) < 4.78 is 6.04. The number of imide groups is 1. The van der Waals surface area contributed by atoms with E-state index in [1.807, 2.05) is 19.1 Å². The smallest absolute Gasteiger partial charge is 0.327 e. The van der Waals surface area contributed by atoms with Crippen LogP contribution in [0.1, 0.15) is 18.4 Å². The van der Waals surface area contributed by atoms with E-state index in [1.165, 1.54) is 16.2 Å². The van der Waals surface area contributed by atoms with Crippen LogP contribution >= 0.6 is 11.3 Å². The molecule has 0 aliphatic carbocycles. The number of carbonyl (C=O) groups is 3. The van der Waals surface area contributed by atoms with Gasteiger partial charge in [0.2, 0.25) is 11.8 Å². The zero-order valence-corrected chi connectivity index (χ0v) is 18.6. The monoisotopic (exact) mass is 445 g/mol. The highest BCUT2D eigenvalue weighted by Gasteiger charge is 2.40. The Bertz CT molecular complexity index is 985. The van der Waals surface area contributed by atoms with Gasteiger partial charge in [0.05, 0.1) is 29.9 Å². The molecule has 10 heteroatoms. The SMILES string of the molecule is COCCN1C(=O)CN(C2CCN(CC(=O)Nc3nc4ccc(C)cc4s3)CC2)C1=O. The summed E-state index contributed by atoms with van der Waals surface area (Å²) in [6.45, 7) is 4.48. The van der Waals surface area contributed by atoms with Crippen LogP contribution in [0.2, 0.25) is 0 Å². The number of nitrogens with one attached hydrogen (secondary N) is 1. The van der Waals surface area contributed by atoms with Crippen molar-refractivity contribution in [2.45, 2.75) is 25.8 Å². The van der Waals surface area contributed by atoms with Crippen molar-refractivity contribution in [2.75, 3.05) is 51.8 Å². The number of ether oxygens (including phenoxy) is 1. The summed E-state index contributed by atoms with van der Waals surface area (Å²) in [6.07, 6.45) is 1.48. The first-order valence-corrected chi connectivity index (χ1v) is 11.3. The fourth-order valence-corrected chi connectivity index (χ4v) is 5.07. The van der Waals surface area contributed by atoms with Crippen molar-refractivity contribution in [3.8, 4) is 0 Å². The molecule has 0 spiro atoms. The van der Waals surface area contributed by atoms with Gasteiger partial charge in [-0.1, -0.05) is 17.4 Å². The number of rotatable bonds is 7. The van der Waals surface area contributed by atoms with Crippen LogP contribution in [0.5, 0.6) is 0 Å². The van der Waals surface area contributed by atoms with Crippen molar-refractivity contribution < 1.29 is 19.1 Å². The van der Waals surface area contributed by atoms with E-state index in [0.717, 1.165) is 28.6 Å². The van der Waals surface area contributed by atoms with Crippen molar-refractivity contribution in [3.05, 3.63) is 23.8 Å². The lowest BCUT2D eigenvalue weighted by molar-refractivity contribution is -0.125. The number of aryl methyl sites for hydroxylation is 1. The van der Waals surface area contributed by atoms with Gasteiger partial charge in [0.25, 0.3) is 0 Å². The highest BCUT2D eigenvalue weighted by Crippen LogP contribution is 2.27. The minimum Gasteiger partial charge on any atom is -0.383 e. The molecule has 2 aromatic rings. The summed E-state index contributed by atoms with van der Waals surface area (Å²) in [5.41, 5.74) is 2.05. The number of carbonyl (C=O) groups excluding carboxylic acids is 3. The first-order chi connectivity index (χ1) is 14.9. The molecule has 1 N–H and O–H groups in total. The number of amides is 4. The summed E-state index contributed by atoms with van der Waals surface area (Å²) in [5, 5.41) is 3.51. The van der Waals surface area contributed by atoms with E-state index in [1.54, 1.807) is 12.0 Å². The molecule has 0 bridgehead atoms. The van der Waals surface area contributed by atoms with Gasteiger partial charge >= 0.3 is 6.03 Å². The molecule has 3 heterocycles. The summed E-state index contributed by atoms with van der Waals surface area (Å²) in [7, 11) is 1.55. The molecule has 4 rings (SSSR count). The van der Waals surface area contributed by atoms with Gasteiger partial charge in [-0.05, 0) is 37.5 Å². The maximum absolute atomic E-state index is 12.6. The number of hydrogen-bond acceptors (Lipinski definition) is 7. The third kappa shape index (κ3) is 4.86.